The van der Waals surface area contributed by atoms with Gasteiger partial charge in [-0.1, -0.05) is 30.3 Å². The number of alkyl halides is 3. The van der Waals surface area contributed by atoms with Gasteiger partial charge in [0, 0.05) is 38.2 Å². The van der Waals surface area contributed by atoms with Crippen molar-refractivity contribution in [2.45, 2.75) is 25.1 Å². The number of amides is 1. The Labute approximate surface area is 172 Å². The van der Waals surface area contributed by atoms with Crippen molar-refractivity contribution in [3.8, 4) is 5.75 Å². The molecule has 1 atom stereocenters. The summed E-state index contributed by atoms with van der Waals surface area (Å²) in [7, 11) is 1.64. The minimum atomic E-state index is -4.36. The molecule has 2 aromatic rings. The van der Waals surface area contributed by atoms with Crippen LogP contribution in [0.2, 0.25) is 0 Å². The van der Waals surface area contributed by atoms with Crippen molar-refractivity contribution in [1.29, 1.82) is 0 Å². The molecule has 2 aromatic carbocycles. The SMILES string of the molecule is CN=C(NCc1ccc(OCC(F)(F)F)cc1)NCC1CC(=O)Nc2ccccc21. The highest BCUT2D eigenvalue weighted by Gasteiger charge is 2.28. The van der Waals surface area contributed by atoms with Gasteiger partial charge >= 0.3 is 6.18 Å². The van der Waals surface area contributed by atoms with Gasteiger partial charge in [-0.15, -0.1) is 0 Å². The lowest BCUT2D eigenvalue weighted by Crippen LogP contribution is -2.40. The van der Waals surface area contributed by atoms with Gasteiger partial charge in [0.1, 0.15) is 5.75 Å². The number of fused-ring (bicyclic) bond motifs is 1. The second kappa shape index (κ2) is 9.51. The number of ether oxygens (including phenoxy) is 1. The summed E-state index contributed by atoms with van der Waals surface area (Å²) in [5.41, 5.74) is 2.77. The van der Waals surface area contributed by atoms with E-state index in [1.54, 1.807) is 19.2 Å². The van der Waals surface area contributed by atoms with Crippen LogP contribution in [0.1, 0.15) is 23.5 Å². The van der Waals surface area contributed by atoms with Crippen LogP contribution in [0.4, 0.5) is 18.9 Å². The molecule has 0 saturated heterocycles. The molecule has 0 saturated carbocycles. The fourth-order valence-electron chi connectivity index (χ4n) is 3.18. The highest BCUT2D eigenvalue weighted by atomic mass is 19.4. The van der Waals surface area contributed by atoms with E-state index < -0.39 is 12.8 Å². The number of para-hydroxylation sites is 1. The second-order valence-electron chi connectivity index (χ2n) is 6.89. The van der Waals surface area contributed by atoms with E-state index in [0.717, 1.165) is 16.8 Å². The van der Waals surface area contributed by atoms with Gasteiger partial charge in [0.05, 0.1) is 0 Å². The van der Waals surface area contributed by atoms with Crippen molar-refractivity contribution in [2.75, 3.05) is 25.5 Å². The van der Waals surface area contributed by atoms with Crippen LogP contribution < -0.4 is 20.7 Å². The van der Waals surface area contributed by atoms with Gasteiger partial charge in [-0.05, 0) is 29.3 Å². The van der Waals surface area contributed by atoms with Crippen LogP contribution in [-0.2, 0) is 11.3 Å². The zero-order chi connectivity index (χ0) is 21.6. The van der Waals surface area contributed by atoms with E-state index in [1.807, 2.05) is 24.3 Å². The summed E-state index contributed by atoms with van der Waals surface area (Å²) in [6.07, 6.45) is -3.97. The quantitative estimate of drug-likeness (QED) is 0.495. The highest BCUT2D eigenvalue weighted by molar-refractivity contribution is 5.94. The number of nitrogens with zero attached hydrogens (tertiary/aromatic N) is 1. The first-order chi connectivity index (χ1) is 14.3. The third kappa shape index (κ3) is 6.13. The minimum absolute atomic E-state index is 0.0173. The molecule has 0 fully saturated rings. The number of halogens is 3. The number of aliphatic imine (C=N–C) groups is 1. The molecule has 1 unspecified atom stereocenters. The van der Waals surface area contributed by atoms with Gasteiger partial charge in [0.2, 0.25) is 5.91 Å². The Morgan fingerprint density at radius 2 is 1.90 bits per heavy atom. The number of hydrogen-bond acceptors (Lipinski definition) is 3. The summed E-state index contributed by atoms with van der Waals surface area (Å²) >= 11 is 0. The van der Waals surface area contributed by atoms with Crippen LogP contribution in [0.25, 0.3) is 0 Å². The smallest absolute Gasteiger partial charge is 0.422 e. The van der Waals surface area contributed by atoms with Gasteiger partial charge < -0.3 is 20.7 Å². The summed E-state index contributed by atoms with van der Waals surface area (Å²) in [5.74, 6) is 0.735. The average Bonchev–Trinajstić information content (AvgIpc) is 2.72. The molecule has 6 nitrogen and oxygen atoms in total. The Hall–Kier alpha value is -3.23. The molecule has 3 N–H and O–H groups in total. The topological polar surface area (TPSA) is 74.8 Å². The van der Waals surface area contributed by atoms with E-state index in [-0.39, 0.29) is 17.6 Å². The molecule has 1 aliphatic rings. The standard InChI is InChI=1S/C21H23F3N4O2/c1-25-20(26-11-14-6-8-16(9-7-14)30-13-21(22,23)24)27-12-15-10-19(29)28-18-5-3-2-4-17(15)18/h2-9,15H,10-13H2,1H3,(H,28,29)(H2,25,26,27). The van der Waals surface area contributed by atoms with Crippen LogP contribution in [-0.4, -0.2) is 38.2 Å². The maximum absolute atomic E-state index is 12.2. The van der Waals surface area contributed by atoms with Crippen LogP contribution in [0.3, 0.4) is 0 Å². The molecule has 1 amide bonds. The summed E-state index contributed by atoms with van der Waals surface area (Å²) < 4.78 is 41.3. The van der Waals surface area contributed by atoms with Crippen LogP contribution >= 0.6 is 0 Å². The predicted molar refractivity (Wildman–Crippen MR) is 109 cm³/mol. The third-order valence-corrected chi connectivity index (χ3v) is 4.63. The molecule has 1 aliphatic heterocycles. The Balaban J connectivity index is 1.50. The molecule has 0 radical (unpaired) electrons. The average molecular weight is 420 g/mol. The lowest BCUT2D eigenvalue weighted by Gasteiger charge is -2.26. The first-order valence-corrected chi connectivity index (χ1v) is 9.46. The molecule has 9 heteroatoms. The van der Waals surface area contributed by atoms with E-state index in [4.69, 9.17) is 4.74 Å². The van der Waals surface area contributed by atoms with Gasteiger partial charge in [-0.3, -0.25) is 9.79 Å². The normalized spacial score (nSPS) is 16.5. The zero-order valence-electron chi connectivity index (χ0n) is 16.4. The Morgan fingerprint density at radius 1 is 1.17 bits per heavy atom. The number of anilines is 1. The molecular formula is C21H23F3N4O2. The number of guanidine groups is 1. The fraction of sp³-hybridized carbons (Fsp3) is 0.333. The summed E-state index contributed by atoms with van der Waals surface area (Å²) in [4.78, 5) is 16.1. The van der Waals surface area contributed by atoms with Crippen molar-refractivity contribution in [1.82, 2.24) is 10.6 Å². The number of carbonyl (C=O) groups is 1. The molecule has 30 heavy (non-hydrogen) atoms. The first kappa shape index (κ1) is 21.5. The van der Waals surface area contributed by atoms with E-state index in [0.29, 0.717) is 25.5 Å². The van der Waals surface area contributed by atoms with Crippen molar-refractivity contribution in [3.63, 3.8) is 0 Å². The molecule has 0 spiro atoms. The second-order valence-corrected chi connectivity index (χ2v) is 6.89. The van der Waals surface area contributed by atoms with Gasteiger partial charge in [0.25, 0.3) is 0 Å². The van der Waals surface area contributed by atoms with Crippen LogP contribution in [0.5, 0.6) is 5.75 Å². The fourth-order valence-corrected chi connectivity index (χ4v) is 3.18. The first-order valence-electron chi connectivity index (χ1n) is 9.46. The number of rotatable bonds is 6. The Bertz CT molecular complexity index is 898. The van der Waals surface area contributed by atoms with E-state index in [2.05, 4.69) is 20.9 Å². The van der Waals surface area contributed by atoms with E-state index in [1.165, 1.54) is 12.1 Å². The summed E-state index contributed by atoms with van der Waals surface area (Å²) in [5, 5.41) is 9.26. The van der Waals surface area contributed by atoms with Crippen LogP contribution in [0.15, 0.2) is 53.5 Å². The molecule has 3 rings (SSSR count). The number of carbonyl (C=O) groups excluding carboxylic acids is 1. The van der Waals surface area contributed by atoms with Crippen molar-refractivity contribution < 1.29 is 22.7 Å². The number of hydrogen-bond donors (Lipinski definition) is 3. The molecule has 0 bridgehead atoms. The maximum Gasteiger partial charge on any atom is 0.422 e. The lowest BCUT2D eigenvalue weighted by atomic mass is 9.90. The number of nitrogens with one attached hydrogen (secondary N) is 3. The van der Waals surface area contributed by atoms with E-state index >= 15 is 0 Å². The molecule has 160 valence electrons. The maximum atomic E-state index is 12.2. The largest absolute Gasteiger partial charge is 0.484 e. The van der Waals surface area contributed by atoms with Crippen molar-refractivity contribution >= 4 is 17.6 Å². The van der Waals surface area contributed by atoms with E-state index in [9.17, 15) is 18.0 Å². The van der Waals surface area contributed by atoms with Crippen LogP contribution in [0, 0.1) is 0 Å². The van der Waals surface area contributed by atoms with Gasteiger partial charge in [0.15, 0.2) is 12.6 Å². The highest BCUT2D eigenvalue weighted by Crippen LogP contribution is 2.31. The molecule has 0 aromatic heterocycles. The lowest BCUT2D eigenvalue weighted by molar-refractivity contribution is -0.153. The predicted octanol–water partition coefficient (Wildman–Crippen LogP) is 3.42. The molecule has 1 heterocycles. The molecule has 0 aliphatic carbocycles. The number of benzene rings is 2. The third-order valence-electron chi connectivity index (χ3n) is 4.63. The minimum Gasteiger partial charge on any atom is -0.484 e. The monoisotopic (exact) mass is 420 g/mol. The Morgan fingerprint density at radius 3 is 2.60 bits per heavy atom. The summed E-state index contributed by atoms with van der Waals surface area (Å²) in [6.45, 7) is -0.348. The Kier molecular flexibility index (Phi) is 6.81. The van der Waals surface area contributed by atoms with Crippen molar-refractivity contribution in [2.24, 2.45) is 4.99 Å². The zero-order valence-corrected chi connectivity index (χ0v) is 16.4. The summed E-state index contributed by atoms with van der Waals surface area (Å²) in [6, 6.07) is 14.1. The molecular weight excluding hydrogens is 397 g/mol. The van der Waals surface area contributed by atoms with Gasteiger partial charge in [-0.25, -0.2) is 0 Å². The van der Waals surface area contributed by atoms with Crippen molar-refractivity contribution in [3.05, 3.63) is 59.7 Å². The van der Waals surface area contributed by atoms with Gasteiger partial charge in [-0.2, -0.15) is 13.2 Å².